The number of rotatable bonds is 13. The second-order valence-corrected chi connectivity index (χ2v) is 9.83. The number of aryl methyl sites for hydroxylation is 2. The number of nitrogens with zero attached hydrogens (tertiary/aromatic N) is 1. The molecular weight excluding hydrogens is 460 g/mol. The number of carbonyl (C=O) groups is 2. The largest absolute Gasteiger partial charge is 0.497 e. The topological polar surface area (TPSA) is 58.6 Å². The van der Waals surface area contributed by atoms with Crippen molar-refractivity contribution in [2.24, 2.45) is 0 Å². The number of ether oxygens (including phenoxy) is 1. The van der Waals surface area contributed by atoms with Crippen molar-refractivity contribution in [2.75, 3.05) is 7.11 Å². The van der Waals surface area contributed by atoms with Gasteiger partial charge in [-0.2, -0.15) is 0 Å². The van der Waals surface area contributed by atoms with Gasteiger partial charge < -0.3 is 15.0 Å². The van der Waals surface area contributed by atoms with Gasteiger partial charge in [0.25, 0.3) is 0 Å². The molecule has 0 spiro atoms. The number of nitrogens with one attached hydrogen (secondary N) is 1. The van der Waals surface area contributed by atoms with Crippen molar-refractivity contribution < 1.29 is 14.3 Å². The molecular formula is C32H38N2O3. The van der Waals surface area contributed by atoms with Crippen molar-refractivity contribution in [1.29, 1.82) is 0 Å². The second kappa shape index (κ2) is 13.1. The Hall–Kier alpha value is -3.60. The lowest BCUT2D eigenvalue weighted by Gasteiger charge is -2.32. The fourth-order valence-electron chi connectivity index (χ4n) is 4.65. The molecule has 1 N–H and O–H groups in total. The van der Waals surface area contributed by atoms with Gasteiger partial charge in [0.15, 0.2) is 0 Å². The van der Waals surface area contributed by atoms with Gasteiger partial charge in [-0.1, -0.05) is 80.1 Å². The molecule has 5 nitrogen and oxygen atoms in total. The molecule has 1 saturated carbocycles. The Morgan fingerprint density at radius 3 is 2.16 bits per heavy atom. The Bertz CT molecular complexity index is 1140. The Labute approximate surface area is 220 Å². The van der Waals surface area contributed by atoms with Crippen molar-refractivity contribution in [3.8, 4) is 5.75 Å². The number of carbonyl (C=O) groups excluding carboxylic acids is 2. The van der Waals surface area contributed by atoms with Crippen LogP contribution in [0.3, 0.4) is 0 Å². The molecule has 37 heavy (non-hydrogen) atoms. The molecule has 3 aromatic carbocycles. The van der Waals surface area contributed by atoms with E-state index >= 15 is 0 Å². The van der Waals surface area contributed by atoms with Crippen LogP contribution in [-0.4, -0.2) is 29.9 Å². The first-order valence-electron chi connectivity index (χ1n) is 13.4. The third-order valence-corrected chi connectivity index (χ3v) is 6.97. The Balaban J connectivity index is 1.54. The zero-order chi connectivity index (χ0) is 26.0. The minimum atomic E-state index is -0.639. The van der Waals surface area contributed by atoms with Crippen LogP contribution in [-0.2, 0) is 29.0 Å². The van der Waals surface area contributed by atoms with Crippen LogP contribution in [0.15, 0.2) is 78.9 Å². The van der Waals surface area contributed by atoms with E-state index in [0.717, 1.165) is 54.5 Å². The summed E-state index contributed by atoms with van der Waals surface area (Å²) in [6, 6.07) is 25.4. The molecule has 4 rings (SSSR count). The minimum Gasteiger partial charge on any atom is -0.497 e. The number of methoxy groups -OCH3 is 1. The standard InChI is InChI=1S/C32H38N2O3/c1-3-4-8-24-11-16-27(17-12-24)31(32(36)33-23-26-9-6-5-7-10-26)34(28-18-19-28)30(35)22-15-25-13-20-29(37-2)21-14-25/h5-7,9-14,16-17,20-21,28,31H,3-4,8,15,18-19,22-23H2,1-2H3,(H,33,36). The molecule has 194 valence electrons. The molecule has 1 aliphatic carbocycles. The summed E-state index contributed by atoms with van der Waals surface area (Å²) in [6.07, 6.45) is 6.16. The predicted molar refractivity (Wildman–Crippen MR) is 147 cm³/mol. The van der Waals surface area contributed by atoms with E-state index in [2.05, 4.69) is 24.4 Å². The van der Waals surface area contributed by atoms with Crippen LogP contribution in [0, 0.1) is 0 Å². The molecule has 0 heterocycles. The average Bonchev–Trinajstić information content (AvgIpc) is 3.78. The smallest absolute Gasteiger partial charge is 0.247 e. The molecule has 1 atom stereocenters. The zero-order valence-corrected chi connectivity index (χ0v) is 22.0. The summed E-state index contributed by atoms with van der Waals surface area (Å²) in [5.74, 6) is 0.690. The monoisotopic (exact) mass is 498 g/mol. The zero-order valence-electron chi connectivity index (χ0n) is 22.0. The van der Waals surface area contributed by atoms with Crippen LogP contribution in [0.1, 0.15) is 67.3 Å². The van der Waals surface area contributed by atoms with E-state index in [1.54, 1.807) is 7.11 Å². The molecule has 3 aromatic rings. The molecule has 0 aromatic heterocycles. The van der Waals surface area contributed by atoms with E-state index in [1.165, 1.54) is 5.56 Å². The molecule has 0 bridgehead atoms. The highest BCUT2D eigenvalue weighted by Gasteiger charge is 2.41. The number of hydrogen-bond acceptors (Lipinski definition) is 3. The van der Waals surface area contributed by atoms with Gasteiger partial charge in [-0.3, -0.25) is 9.59 Å². The van der Waals surface area contributed by atoms with Crippen molar-refractivity contribution in [3.63, 3.8) is 0 Å². The summed E-state index contributed by atoms with van der Waals surface area (Å²) >= 11 is 0. The first kappa shape index (κ1) is 26.5. The van der Waals surface area contributed by atoms with Gasteiger partial charge >= 0.3 is 0 Å². The third-order valence-electron chi connectivity index (χ3n) is 6.97. The van der Waals surface area contributed by atoms with E-state index in [1.807, 2.05) is 71.6 Å². The summed E-state index contributed by atoms with van der Waals surface area (Å²) in [7, 11) is 1.64. The molecule has 1 aliphatic rings. The van der Waals surface area contributed by atoms with E-state index in [0.29, 0.717) is 19.4 Å². The summed E-state index contributed by atoms with van der Waals surface area (Å²) < 4.78 is 5.24. The van der Waals surface area contributed by atoms with Gasteiger partial charge in [0, 0.05) is 19.0 Å². The maximum Gasteiger partial charge on any atom is 0.247 e. The average molecular weight is 499 g/mol. The van der Waals surface area contributed by atoms with E-state index < -0.39 is 6.04 Å². The lowest BCUT2D eigenvalue weighted by atomic mass is 9.99. The summed E-state index contributed by atoms with van der Waals surface area (Å²) in [5, 5.41) is 3.10. The maximum atomic E-state index is 13.7. The molecule has 0 saturated heterocycles. The van der Waals surface area contributed by atoms with Crippen LogP contribution < -0.4 is 10.1 Å². The number of hydrogen-bond donors (Lipinski definition) is 1. The van der Waals surface area contributed by atoms with Crippen LogP contribution >= 0.6 is 0 Å². The molecule has 2 amide bonds. The molecule has 1 fully saturated rings. The van der Waals surface area contributed by atoms with Gasteiger partial charge in [-0.15, -0.1) is 0 Å². The molecule has 5 heteroatoms. The van der Waals surface area contributed by atoms with Gasteiger partial charge in [0.1, 0.15) is 11.8 Å². The first-order valence-corrected chi connectivity index (χ1v) is 13.4. The van der Waals surface area contributed by atoms with Crippen molar-refractivity contribution in [2.45, 2.75) is 70.5 Å². The van der Waals surface area contributed by atoms with Crippen molar-refractivity contribution in [1.82, 2.24) is 10.2 Å². The van der Waals surface area contributed by atoms with Gasteiger partial charge in [-0.05, 0) is 66.5 Å². The molecule has 1 unspecified atom stereocenters. The second-order valence-electron chi connectivity index (χ2n) is 9.83. The SMILES string of the molecule is CCCCc1ccc(C(C(=O)NCc2ccccc2)N(C(=O)CCc2ccc(OC)cc2)C2CC2)cc1. The molecule has 0 aliphatic heterocycles. The van der Waals surface area contributed by atoms with Gasteiger partial charge in [-0.25, -0.2) is 0 Å². The highest BCUT2D eigenvalue weighted by atomic mass is 16.5. The quantitative estimate of drug-likeness (QED) is 0.314. The van der Waals surface area contributed by atoms with Crippen LogP contribution in [0.4, 0.5) is 0 Å². The third kappa shape index (κ3) is 7.45. The Kier molecular flexibility index (Phi) is 9.36. The lowest BCUT2D eigenvalue weighted by molar-refractivity contribution is -0.141. The van der Waals surface area contributed by atoms with Crippen LogP contribution in [0.5, 0.6) is 5.75 Å². The van der Waals surface area contributed by atoms with Gasteiger partial charge in [0.2, 0.25) is 11.8 Å². The number of amides is 2. The summed E-state index contributed by atoms with van der Waals surface area (Å²) in [4.78, 5) is 29.2. The first-order chi connectivity index (χ1) is 18.1. The van der Waals surface area contributed by atoms with Gasteiger partial charge in [0.05, 0.1) is 7.11 Å². The highest BCUT2D eigenvalue weighted by molar-refractivity contribution is 5.89. The number of benzene rings is 3. The minimum absolute atomic E-state index is 0.0215. The number of unbranched alkanes of at least 4 members (excludes halogenated alkanes) is 1. The highest BCUT2D eigenvalue weighted by Crippen LogP contribution is 2.36. The van der Waals surface area contributed by atoms with E-state index in [4.69, 9.17) is 4.74 Å². The Morgan fingerprint density at radius 1 is 0.892 bits per heavy atom. The molecule has 0 radical (unpaired) electrons. The van der Waals surface area contributed by atoms with E-state index in [-0.39, 0.29) is 17.9 Å². The van der Waals surface area contributed by atoms with Crippen LogP contribution in [0.25, 0.3) is 0 Å². The Morgan fingerprint density at radius 2 is 1.54 bits per heavy atom. The van der Waals surface area contributed by atoms with Crippen LogP contribution in [0.2, 0.25) is 0 Å². The predicted octanol–water partition coefficient (Wildman–Crippen LogP) is 6.02. The maximum absolute atomic E-state index is 13.7. The lowest BCUT2D eigenvalue weighted by Crippen LogP contribution is -2.45. The fraction of sp³-hybridized carbons (Fsp3) is 0.375. The fourth-order valence-corrected chi connectivity index (χ4v) is 4.65. The normalized spacial score (nSPS) is 13.6. The summed E-state index contributed by atoms with van der Waals surface area (Å²) in [6.45, 7) is 2.62. The van der Waals surface area contributed by atoms with E-state index in [9.17, 15) is 9.59 Å². The van der Waals surface area contributed by atoms with Crippen molar-refractivity contribution >= 4 is 11.8 Å². The summed E-state index contributed by atoms with van der Waals surface area (Å²) in [5.41, 5.74) is 4.25. The van der Waals surface area contributed by atoms with Crippen molar-refractivity contribution in [3.05, 3.63) is 101 Å².